The number of rotatable bonds is 15. The molecule has 0 aliphatic carbocycles. The van der Waals surface area contributed by atoms with Gasteiger partial charge in [-0.05, 0) is 164 Å². The van der Waals surface area contributed by atoms with Crippen molar-refractivity contribution < 1.29 is 14.4 Å². The molecule has 6 aliphatic rings. The Hall–Kier alpha value is -9.06. The summed E-state index contributed by atoms with van der Waals surface area (Å²) >= 11 is 0. The van der Waals surface area contributed by atoms with Crippen LogP contribution < -0.4 is 0 Å². The third-order valence-corrected chi connectivity index (χ3v) is 24.5. The summed E-state index contributed by atoms with van der Waals surface area (Å²) in [5.41, 5.74) is 16.1. The quantitative estimate of drug-likeness (QED) is 0.0972. The molecule has 0 spiro atoms. The molecule has 15 nitrogen and oxygen atoms in total. The summed E-state index contributed by atoms with van der Waals surface area (Å²) < 4.78 is 0. The van der Waals surface area contributed by atoms with Gasteiger partial charge in [0.1, 0.15) is 5.82 Å². The lowest BCUT2D eigenvalue weighted by Crippen LogP contribution is -2.57. The average molecular weight is 1460 g/mol. The van der Waals surface area contributed by atoms with Gasteiger partial charge in [0.05, 0.1) is 46.3 Å². The molecule has 0 bridgehead atoms. The molecule has 0 saturated carbocycles. The molecule has 6 saturated heterocycles. The van der Waals surface area contributed by atoms with Crippen molar-refractivity contribution in [2.45, 2.75) is 162 Å². The summed E-state index contributed by atoms with van der Waals surface area (Å²) in [6.45, 7) is 35.3. The number of likely N-dealkylation sites (tertiary alicyclic amines) is 3. The van der Waals surface area contributed by atoms with Crippen molar-refractivity contribution in [1.29, 1.82) is 0 Å². The number of aryl methyl sites for hydroxylation is 7. The minimum atomic E-state index is 0.0835. The van der Waals surface area contributed by atoms with Crippen molar-refractivity contribution in [2.75, 3.05) is 98.2 Å². The molecule has 6 aliphatic heterocycles. The van der Waals surface area contributed by atoms with Crippen molar-refractivity contribution >= 4 is 17.7 Å². The zero-order valence-corrected chi connectivity index (χ0v) is 66.3. The van der Waals surface area contributed by atoms with Gasteiger partial charge in [-0.15, -0.1) is 0 Å². The van der Waals surface area contributed by atoms with Gasteiger partial charge in [-0.3, -0.25) is 48.8 Å². The van der Waals surface area contributed by atoms with Crippen LogP contribution in [0.2, 0.25) is 0 Å². The van der Waals surface area contributed by atoms with Crippen LogP contribution in [-0.4, -0.2) is 211 Å². The maximum absolute atomic E-state index is 13.3. The summed E-state index contributed by atoms with van der Waals surface area (Å²) in [5.74, 6) is 1.15. The monoisotopic (exact) mass is 1460 g/mol. The van der Waals surface area contributed by atoms with Gasteiger partial charge >= 0.3 is 0 Å². The molecule has 0 radical (unpaired) electrons. The second kappa shape index (κ2) is 36.6. The third-order valence-electron chi connectivity index (χ3n) is 24.5. The molecule has 9 aromatic rings. The molecule has 3 amide bonds. The number of piperidine rings is 3. The zero-order valence-electron chi connectivity index (χ0n) is 66.3. The first-order valence-corrected chi connectivity index (χ1v) is 40.4. The number of carbonyl (C=O) groups is 3. The van der Waals surface area contributed by atoms with Crippen LogP contribution in [0, 0.1) is 48.5 Å². The fraction of sp³-hybridized carbons (Fsp3) is 0.426. The first kappa shape index (κ1) is 78.1. The smallest absolute Gasteiger partial charge is 0.257 e. The van der Waals surface area contributed by atoms with E-state index in [-0.39, 0.29) is 35.8 Å². The molecule has 15 rings (SSSR count). The Morgan fingerprint density at radius 1 is 0.303 bits per heavy atom. The number of hydrogen-bond acceptors (Lipinski definition) is 12. The van der Waals surface area contributed by atoms with E-state index in [0.29, 0.717) is 41.8 Å². The van der Waals surface area contributed by atoms with Crippen LogP contribution in [0.4, 0.5) is 0 Å². The summed E-state index contributed by atoms with van der Waals surface area (Å²) in [6.07, 6.45) is 8.02. The summed E-state index contributed by atoms with van der Waals surface area (Å²) in [7, 11) is 0. The predicted octanol–water partition coefficient (Wildman–Crippen LogP) is 15.6. The van der Waals surface area contributed by atoms with Gasteiger partial charge < -0.3 is 14.7 Å². The summed E-state index contributed by atoms with van der Waals surface area (Å²) in [4.78, 5) is 75.2. The predicted molar refractivity (Wildman–Crippen MR) is 440 cm³/mol. The van der Waals surface area contributed by atoms with Crippen LogP contribution in [-0.2, 0) is 0 Å². The maximum atomic E-state index is 13.3. The first-order chi connectivity index (χ1) is 53.0. The lowest BCUT2D eigenvalue weighted by molar-refractivity contribution is 0.0171. The molecule has 0 unspecified atom stereocenters. The number of piperazine rings is 3. The normalized spacial score (nSPS) is 20.0. The van der Waals surface area contributed by atoms with Crippen LogP contribution >= 0.6 is 0 Å². The van der Waals surface area contributed by atoms with Crippen molar-refractivity contribution in [3.05, 3.63) is 302 Å². The highest BCUT2D eigenvalue weighted by molar-refractivity contribution is 5.98. The number of hydrogen-bond donors (Lipinski definition) is 0. The van der Waals surface area contributed by atoms with E-state index in [2.05, 4.69) is 252 Å². The Labute approximate surface area is 650 Å². The highest BCUT2D eigenvalue weighted by Gasteiger charge is 2.40. The number of nitrogens with zero attached hydrogens (tertiary/aromatic N) is 12. The van der Waals surface area contributed by atoms with Gasteiger partial charge in [0.25, 0.3) is 17.7 Å². The number of carbonyl (C=O) groups excluding carboxylic acids is 3. The Kier molecular flexibility index (Phi) is 26.2. The Balaban J connectivity index is 0.000000144. The van der Waals surface area contributed by atoms with Crippen LogP contribution in [0.25, 0.3) is 0 Å². The Morgan fingerprint density at radius 3 is 0.844 bits per heavy atom. The standard InChI is InChI=1S/C32H39N3O.C31H39N5O.C31H38N4O/c1-24-11-10-12-25(2)30(24)32(36)33-19-17-29(18-20-33)34-21-22-35(26(3)23-34)31(27-13-6-4-7-14-27)28-15-8-5-9-16-28;1-22-21-35(19-20-36(22)30(26-11-7-5-8-12-26)27-13-9-6-10-14-27)28-15-17-34(18-16-28)31(37)29-23(2)32-25(4)33-24(29)3;1-23-14-17-32-25(3)29(23)31(36)33-18-15-28(16-19-33)34-20-21-35(24(2)22-34)30(26-10-6-4-7-11-26)27-12-8-5-9-13-27/h4-16,26,29,31H,17-23H2,1-3H3;5-14,22,28,30H,15-21H2,1-4H3;4-14,17,24,28,30H,15-16,18-22H2,1-3H3/t26-;22-;24-/m000/s1. The number of pyridine rings is 1. The fourth-order valence-corrected chi connectivity index (χ4v) is 18.8. The van der Waals surface area contributed by atoms with E-state index in [1.165, 1.54) is 33.4 Å². The minimum absolute atomic E-state index is 0.0835. The molecule has 3 atom stereocenters. The summed E-state index contributed by atoms with van der Waals surface area (Å²) in [6, 6.07) is 77.4. The highest BCUT2D eigenvalue weighted by Crippen LogP contribution is 2.38. The van der Waals surface area contributed by atoms with Gasteiger partial charge in [-0.25, -0.2) is 9.97 Å². The number of benzene rings is 7. The van der Waals surface area contributed by atoms with Crippen LogP contribution in [0.15, 0.2) is 212 Å². The van der Waals surface area contributed by atoms with Gasteiger partial charge in [0.15, 0.2) is 0 Å². The molecule has 15 heteroatoms. The average Bonchev–Trinajstić information content (AvgIpc) is 0.794. The van der Waals surface area contributed by atoms with E-state index in [0.717, 1.165) is 187 Å². The van der Waals surface area contributed by atoms with E-state index < -0.39 is 0 Å². The molecule has 570 valence electrons. The minimum Gasteiger partial charge on any atom is -0.339 e. The lowest BCUT2D eigenvalue weighted by Gasteiger charge is -2.48. The van der Waals surface area contributed by atoms with Gasteiger partial charge in [-0.1, -0.05) is 200 Å². The molecule has 109 heavy (non-hydrogen) atoms. The zero-order chi connectivity index (χ0) is 76.1. The topological polar surface area (TPSA) is 119 Å². The van der Waals surface area contributed by atoms with E-state index in [1.807, 2.05) is 82.5 Å². The maximum Gasteiger partial charge on any atom is 0.257 e. The van der Waals surface area contributed by atoms with E-state index in [1.54, 1.807) is 6.20 Å². The van der Waals surface area contributed by atoms with Gasteiger partial charge in [-0.2, -0.15) is 0 Å². The van der Waals surface area contributed by atoms with Crippen molar-refractivity contribution in [1.82, 2.24) is 59.1 Å². The van der Waals surface area contributed by atoms with Crippen LogP contribution in [0.1, 0.15) is 181 Å². The van der Waals surface area contributed by atoms with Crippen LogP contribution in [0.3, 0.4) is 0 Å². The Bertz CT molecular complexity index is 4050. The SMILES string of the molecule is Cc1cccc(C)c1C(=O)N1CCC(N2CCN(C(c3ccccc3)c3ccccc3)[C@@H](C)C2)CC1.Cc1ccnc(C)c1C(=O)N1CCC(N2CCN(C(c3ccccc3)c3ccccc3)[C@@H](C)C2)CC1.Cc1nc(C)c(C(=O)N2CCC(N3CCN(C(c4ccccc4)c4ccccc4)[C@@H](C)C3)CC2)c(C)n1. The summed E-state index contributed by atoms with van der Waals surface area (Å²) in [5, 5.41) is 0. The Morgan fingerprint density at radius 2 is 0.569 bits per heavy atom. The van der Waals surface area contributed by atoms with E-state index in [4.69, 9.17) is 0 Å². The van der Waals surface area contributed by atoms with Gasteiger partial charge in [0.2, 0.25) is 0 Å². The van der Waals surface area contributed by atoms with Gasteiger partial charge in [0, 0.05) is 146 Å². The first-order valence-electron chi connectivity index (χ1n) is 40.4. The van der Waals surface area contributed by atoms with Crippen LogP contribution in [0.5, 0.6) is 0 Å². The third kappa shape index (κ3) is 18.5. The van der Waals surface area contributed by atoms with Crippen molar-refractivity contribution in [3.8, 4) is 0 Å². The molecule has 2 aromatic heterocycles. The van der Waals surface area contributed by atoms with E-state index >= 15 is 0 Å². The highest BCUT2D eigenvalue weighted by atomic mass is 16.2. The molecule has 6 fully saturated rings. The molecule has 8 heterocycles. The largest absolute Gasteiger partial charge is 0.339 e. The second-order valence-electron chi connectivity index (χ2n) is 31.7. The van der Waals surface area contributed by atoms with E-state index in [9.17, 15) is 14.4 Å². The molecule has 7 aromatic carbocycles. The second-order valence-corrected chi connectivity index (χ2v) is 31.7. The van der Waals surface area contributed by atoms with Crippen molar-refractivity contribution in [2.24, 2.45) is 0 Å². The molecular weight excluding hydrogens is 1350 g/mol. The van der Waals surface area contributed by atoms with Crippen molar-refractivity contribution in [3.63, 3.8) is 0 Å². The molecular formula is C94H116N12O3. The lowest BCUT2D eigenvalue weighted by atomic mass is 9.93. The number of aromatic nitrogens is 3. The molecule has 0 N–H and O–H groups in total. The number of amides is 3. The fourth-order valence-electron chi connectivity index (χ4n) is 18.8.